The predicted molar refractivity (Wildman–Crippen MR) is 61.9 cm³/mol. The van der Waals surface area contributed by atoms with E-state index < -0.39 is 0 Å². The third-order valence-electron chi connectivity index (χ3n) is 2.31. The maximum atomic E-state index is 5.48. The molecule has 0 radical (unpaired) electrons. The molecule has 0 aliphatic heterocycles. The number of hydrogen-bond donors (Lipinski definition) is 2. The summed E-state index contributed by atoms with van der Waals surface area (Å²) in [5, 5.41) is 4.26. The largest absolute Gasteiger partial charge is 0.379 e. The molecule has 0 aliphatic carbocycles. The number of aryl methyl sites for hydroxylation is 2. The lowest BCUT2D eigenvalue weighted by atomic mass is 10.2. The van der Waals surface area contributed by atoms with Gasteiger partial charge in [-0.2, -0.15) is 5.10 Å². The van der Waals surface area contributed by atoms with E-state index in [0.29, 0.717) is 26.4 Å². The van der Waals surface area contributed by atoms with Crippen molar-refractivity contribution in [2.45, 2.75) is 20.5 Å². The van der Waals surface area contributed by atoms with Gasteiger partial charge < -0.3 is 14.9 Å². The molecule has 16 heavy (non-hydrogen) atoms. The van der Waals surface area contributed by atoms with Crippen molar-refractivity contribution >= 4 is 5.82 Å². The van der Waals surface area contributed by atoms with E-state index in [1.165, 1.54) is 0 Å². The SMILES string of the molecule is CCOCCOCc1c(C)nn(C)c1NN. The van der Waals surface area contributed by atoms with Crippen LogP contribution in [0, 0.1) is 6.92 Å². The van der Waals surface area contributed by atoms with Crippen LogP contribution in [0.5, 0.6) is 0 Å². The molecule has 0 atom stereocenters. The minimum absolute atomic E-state index is 0.492. The van der Waals surface area contributed by atoms with E-state index in [-0.39, 0.29) is 0 Å². The summed E-state index contributed by atoms with van der Waals surface area (Å²) in [6.45, 7) is 6.29. The van der Waals surface area contributed by atoms with Crippen LogP contribution < -0.4 is 11.3 Å². The number of hydrazine groups is 1. The van der Waals surface area contributed by atoms with E-state index in [9.17, 15) is 0 Å². The lowest BCUT2D eigenvalue weighted by Gasteiger charge is -2.06. The maximum absolute atomic E-state index is 5.48. The molecule has 0 spiro atoms. The maximum Gasteiger partial charge on any atom is 0.143 e. The molecule has 0 amide bonds. The Labute approximate surface area is 95.7 Å². The minimum atomic E-state index is 0.492. The van der Waals surface area contributed by atoms with Crippen molar-refractivity contribution in [3.05, 3.63) is 11.3 Å². The van der Waals surface area contributed by atoms with Crippen molar-refractivity contribution in [3.8, 4) is 0 Å². The summed E-state index contributed by atoms with van der Waals surface area (Å²) in [4.78, 5) is 0. The number of ether oxygens (including phenoxy) is 2. The summed E-state index contributed by atoms with van der Waals surface area (Å²) in [5.41, 5.74) is 4.54. The van der Waals surface area contributed by atoms with Gasteiger partial charge in [-0.15, -0.1) is 0 Å². The zero-order valence-electron chi connectivity index (χ0n) is 10.1. The molecule has 0 saturated carbocycles. The van der Waals surface area contributed by atoms with Gasteiger partial charge in [0.2, 0.25) is 0 Å². The Bertz CT molecular complexity index is 325. The van der Waals surface area contributed by atoms with Crippen molar-refractivity contribution in [1.82, 2.24) is 9.78 Å². The van der Waals surface area contributed by atoms with Gasteiger partial charge in [0.05, 0.1) is 25.5 Å². The lowest BCUT2D eigenvalue weighted by Crippen LogP contribution is -2.13. The Morgan fingerprint density at radius 3 is 2.69 bits per heavy atom. The number of nitrogens with one attached hydrogen (secondary N) is 1. The number of hydrogen-bond acceptors (Lipinski definition) is 5. The number of nitrogens with two attached hydrogens (primary N) is 1. The van der Waals surface area contributed by atoms with Crippen molar-refractivity contribution in [2.24, 2.45) is 12.9 Å². The Morgan fingerprint density at radius 2 is 2.06 bits per heavy atom. The summed E-state index contributed by atoms with van der Waals surface area (Å²) in [5.74, 6) is 6.21. The molecular weight excluding hydrogens is 208 g/mol. The molecule has 0 bridgehead atoms. The second kappa shape index (κ2) is 6.47. The first-order valence-electron chi connectivity index (χ1n) is 5.35. The molecule has 0 unspecified atom stereocenters. The van der Waals surface area contributed by atoms with Gasteiger partial charge >= 0.3 is 0 Å². The van der Waals surface area contributed by atoms with Crippen LogP contribution in [0.3, 0.4) is 0 Å². The first-order chi connectivity index (χ1) is 7.70. The average Bonchev–Trinajstić information content (AvgIpc) is 2.53. The predicted octanol–water partition coefficient (Wildman–Crippen LogP) is 0.567. The molecule has 0 fully saturated rings. The molecule has 0 aromatic carbocycles. The van der Waals surface area contributed by atoms with Crippen molar-refractivity contribution in [3.63, 3.8) is 0 Å². The van der Waals surface area contributed by atoms with Gasteiger partial charge in [-0.05, 0) is 13.8 Å². The first-order valence-corrected chi connectivity index (χ1v) is 5.35. The summed E-state index contributed by atoms with van der Waals surface area (Å²) >= 11 is 0. The van der Waals surface area contributed by atoms with E-state index in [2.05, 4.69) is 10.5 Å². The number of nitrogen functional groups attached to an aromatic ring is 1. The Morgan fingerprint density at radius 1 is 1.38 bits per heavy atom. The number of aromatic nitrogens is 2. The highest BCUT2D eigenvalue weighted by Crippen LogP contribution is 2.18. The van der Waals surface area contributed by atoms with Crippen LogP contribution in [0.1, 0.15) is 18.2 Å². The summed E-state index contributed by atoms with van der Waals surface area (Å²) in [6, 6.07) is 0. The summed E-state index contributed by atoms with van der Waals surface area (Å²) < 4.78 is 12.4. The molecule has 1 rings (SSSR count). The molecule has 1 heterocycles. The molecule has 1 aromatic rings. The second-order valence-corrected chi connectivity index (χ2v) is 3.43. The topological polar surface area (TPSA) is 74.3 Å². The fourth-order valence-electron chi connectivity index (χ4n) is 1.49. The van der Waals surface area contributed by atoms with Gasteiger partial charge in [0.1, 0.15) is 5.82 Å². The molecular formula is C10H20N4O2. The monoisotopic (exact) mass is 228 g/mol. The van der Waals surface area contributed by atoms with Gasteiger partial charge in [0.15, 0.2) is 0 Å². The smallest absolute Gasteiger partial charge is 0.143 e. The average molecular weight is 228 g/mol. The van der Waals surface area contributed by atoms with Crippen LogP contribution in [0.2, 0.25) is 0 Å². The fourth-order valence-corrected chi connectivity index (χ4v) is 1.49. The van der Waals surface area contributed by atoms with Gasteiger partial charge in [-0.25, -0.2) is 5.84 Å². The number of nitrogens with zero attached hydrogens (tertiary/aromatic N) is 2. The second-order valence-electron chi connectivity index (χ2n) is 3.43. The Hall–Kier alpha value is -1.11. The van der Waals surface area contributed by atoms with E-state index in [1.807, 2.05) is 20.9 Å². The van der Waals surface area contributed by atoms with Crippen LogP contribution in [0.25, 0.3) is 0 Å². The molecule has 0 aliphatic rings. The zero-order chi connectivity index (χ0) is 12.0. The summed E-state index contributed by atoms with van der Waals surface area (Å²) in [6.07, 6.45) is 0. The highest BCUT2D eigenvalue weighted by molar-refractivity contribution is 5.45. The van der Waals surface area contributed by atoms with E-state index in [0.717, 1.165) is 17.1 Å². The third-order valence-corrected chi connectivity index (χ3v) is 2.31. The van der Waals surface area contributed by atoms with Crippen LogP contribution in [-0.2, 0) is 23.1 Å². The number of rotatable bonds is 7. The quantitative estimate of drug-likeness (QED) is 0.405. The van der Waals surface area contributed by atoms with E-state index >= 15 is 0 Å². The molecule has 1 aromatic heterocycles. The molecule has 0 saturated heterocycles. The van der Waals surface area contributed by atoms with Gasteiger partial charge in [-0.3, -0.25) is 4.68 Å². The van der Waals surface area contributed by atoms with E-state index in [4.69, 9.17) is 15.3 Å². The Kier molecular flexibility index (Phi) is 5.24. The van der Waals surface area contributed by atoms with Crippen molar-refractivity contribution in [2.75, 3.05) is 25.2 Å². The van der Waals surface area contributed by atoms with E-state index in [1.54, 1.807) is 4.68 Å². The normalized spacial score (nSPS) is 10.8. The minimum Gasteiger partial charge on any atom is -0.379 e. The first kappa shape index (κ1) is 13.0. The van der Waals surface area contributed by atoms with Crippen LogP contribution in [0.15, 0.2) is 0 Å². The third kappa shape index (κ3) is 3.19. The van der Waals surface area contributed by atoms with Crippen LogP contribution in [0.4, 0.5) is 5.82 Å². The molecule has 92 valence electrons. The van der Waals surface area contributed by atoms with Crippen LogP contribution >= 0.6 is 0 Å². The van der Waals surface area contributed by atoms with Gasteiger partial charge in [0, 0.05) is 19.2 Å². The zero-order valence-corrected chi connectivity index (χ0v) is 10.1. The number of anilines is 1. The van der Waals surface area contributed by atoms with Crippen molar-refractivity contribution in [1.29, 1.82) is 0 Å². The standard InChI is InChI=1S/C10H20N4O2/c1-4-15-5-6-16-7-9-8(2)13-14(3)10(9)12-11/h12H,4-7,11H2,1-3H3. The fraction of sp³-hybridized carbons (Fsp3) is 0.700. The van der Waals surface area contributed by atoms with Crippen LogP contribution in [-0.4, -0.2) is 29.6 Å². The molecule has 6 nitrogen and oxygen atoms in total. The molecule has 3 N–H and O–H groups in total. The Balaban J connectivity index is 2.46. The highest BCUT2D eigenvalue weighted by atomic mass is 16.5. The lowest BCUT2D eigenvalue weighted by molar-refractivity contribution is 0.0453. The van der Waals surface area contributed by atoms with Crippen molar-refractivity contribution < 1.29 is 9.47 Å². The van der Waals surface area contributed by atoms with Gasteiger partial charge in [-0.1, -0.05) is 0 Å². The summed E-state index contributed by atoms with van der Waals surface area (Å²) in [7, 11) is 1.84. The highest BCUT2D eigenvalue weighted by Gasteiger charge is 2.11. The molecule has 6 heteroatoms. The van der Waals surface area contributed by atoms with Gasteiger partial charge in [0.25, 0.3) is 0 Å².